The minimum atomic E-state index is -0.242. The first-order chi connectivity index (χ1) is 21.6. The Hall–Kier alpha value is -3.43. The third-order valence-corrected chi connectivity index (χ3v) is 10.1. The molecule has 0 spiro atoms. The molecule has 1 aliphatic carbocycles. The lowest BCUT2D eigenvalue weighted by atomic mass is 9.84. The molecule has 3 amide bonds. The van der Waals surface area contributed by atoms with Crippen LogP contribution in [0.2, 0.25) is 0 Å². The van der Waals surface area contributed by atoms with Crippen molar-refractivity contribution in [2.45, 2.75) is 84.5 Å². The first-order valence-corrected chi connectivity index (χ1v) is 16.7. The summed E-state index contributed by atoms with van der Waals surface area (Å²) in [7, 11) is 2.12. The second-order valence-corrected chi connectivity index (χ2v) is 13.5. The molecule has 0 radical (unpaired) electrons. The zero-order chi connectivity index (χ0) is 32.1. The molecule has 9 heteroatoms. The van der Waals surface area contributed by atoms with Gasteiger partial charge in [-0.25, -0.2) is 0 Å². The normalized spacial score (nSPS) is 25.7. The Morgan fingerprint density at radius 2 is 1.71 bits per heavy atom. The van der Waals surface area contributed by atoms with Crippen molar-refractivity contribution in [1.82, 2.24) is 20.9 Å². The summed E-state index contributed by atoms with van der Waals surface area (Å²) < 4.78 is 5.50. The molecule has 2 aromatic rings. The van der Waals surface area contributed by atoms with Gasteiger partial charge in [0.25, 0.3) is 5.91 Å². The fourth-order valence-electron chi connectivity index (χ4n) is 7.36. The Morgan fingerprint density at radius 1 is 1.02 bits per heavy atom. The van der Waals surface area contributed by atoms with Crippen LogP contribution in [0.25, 0.3) is 11.1 Å². The number of nitrogens with one attached hydrogen (secondary N) is 3. The van der Waals surface area contributed by atoms with Crippen LogP contribution in [0.3, 0.4) is 0 Å². The highest BCUT2D eigenvalue weighted by atomic mass is 16.5. The molecular formula is C36H51N5O4. The molecule has 0 bridgehead atoms. The van der Waals surface area contributed by atoms with Crippen LogP contribution in [0.15, 0.2) is 36.4 Å². The quantitative estimate of drug-likeness (QED) is 0.389. The number of benzene rings is 2. The van der Waals surface area contributed by atoms with Gasteiger partial charge in [-0.1, -0.05) is 31.2 Å². The van der Waals surface area contributed by atoms with Crippen molar-refractivity contribution >= 4 is 23.4 Å². The zero-order valence-corrected chi connectivity index (χ0v) is 27.7. The molecular weight excluding hydrogens is 566 g/mol. The molecule has 244 valence electrons. The number of carbonyl (C=O) groups is 3. The van der Waals surface area contributed by atoms with Crippen molar-refractivity contribution in [3.8, 4) is 11.1 Å². The molecule has 2 heterocycles. The van der Waals surface area contributed by atoms with Crippen molar-refractivity contribution in [3.05, 3.63) is 53.1 Å². The highest BCUT2D eigenvalue weighted by molar-refractivity contribution is 5.99. The topological polar surface area (TPSA) is 103 Å². The highest BCUT2D eigenvalue weighted by Gasteiger charge is 2.33. The molecule has 45 heavy (non-hydrogen) atoms. The fourth-order valence-corrected chi connectivity index (χ4v) is 7.36. The van der Waals surface area contributed by atoms with E-state index in [1.54, 1.807) is 6.92 Å². The summed E-state index contributed by atoms with van der Waals surface area (Å²) in [4.78, 5) is 42.9. The summed E-state index contributed by atoms with van der Waals surface area (Å²) in [5, 5.41) is 9.23. The van der Waals surface area contributed by atoms with E-state index in [9.17, 15) is 14.4 Å². The van der Waals surface area contributed by atoms with Crippen molar-refractivity contribution in [2.24, 2.45) is 11.8 Å². The number of ether oxygens (including phenoxy) is 1. The van der Waals surface area contributed by atoms with E-state index in [1.807, 2.05) is 19.9 Å². The third-order valence-electron chi connectivity index (χ3n) is 10.1. The van der Waals surface area contributed by atoms with Gasteiger partial charge >= 0.3 is 0 Å². The number of piperidine rings is 1. The monoisotopic (exact) mass is 617 g/mol. The zero-order valence-electron chi connectivity index (χ0n) is 27.7. The Morgan fingerprint density at radius 3 is 2.36 bits per heavy atom. The number of rotatable bonds is 9. The summed E-state index contributed by atoms with van der Waals surface area (Å²) in [5.74, 6) is -0.155. The Labute approximate surface area is 268 Å². The molecule has 3 aliphatic rings. The Kier molecular flexibility index (Phi) is 10.8. The van der Waals surface area contributed by atoms with Crippen molar-refractivity contribution in [1.29, 1.82) is 0 Å². The lowest BCUT2D eigenvalue weighted by Gasteiger charge is -2.37. The maximum Gasteiger partial charge on any atom is 0.251 e. The number of anilines is 1. The fraction of sp³-hybridized carbons (Fsp3) is 0.583. The van der Waals surface area contributed by atoms with Gasteiger partial charge in [-0.05, 0) is 86.3 Å². The van der Waals surface area contributed by atoms with E-state index >= 15 is 0 Å². The summed E-state index contributed by atoms with van der Waals surface area (Å²) in [6.45, 7) is 12.4. The molecule has 3 fully saturated rings. The number of hydrogen-bond donors (Lipinski definition) is 3. The number of carbonyl (C=O) groups excluding carboxylic acids is 3. The molecule has 0 aromatic heterocycles. The van der Waals surface area contributed by atoms with Gasteiger partial charge in [0.2, 0.25) is 11.8 Å². The molecule has 3 atom stereocenters. The number of nitrogens with zero attached hydrogens (tertiary/aromatic N) is 2. The van der Waals surface area contributed by atoms with Gasteiger partial charge in [0.15, 0.2) is 0 Å². The predicted molar refractivity (Wildman–Crippen MR) is 178 cm³/mol. The number of morpholine rings is 1. The van der Waals surface area contributed by atoms with E-state index in [-0.39, 0.29) is 41.6 Å². The van der Waals surface area contributed by atoms with Crippen LogP contribution in [0, 0.1) is 18.8 Å². The van der Waals surface area contributed by atoms with E-state index in [0.717, 1.165) is 87.3 Å². The summed E-state index contributed by atoms with van der Waals surface area (Å²) >= 11 is 0. The number of hydrogen-bond acceptors (Lipinski definition) is 6. The van der Waals surface area contributed by atoms with Gasteiger partial charge < -0.3 is 25.6 Å². The van der Waals surface area contributed by atoms with E-state index in [4.69, 9.17) is 4.74 Å². The summed E-state index contributed by atoms with van der Waals surface area (Å²) in [5.41, 5.74) is 5.92. The van der Waals surface area contributed by atoms with Crippen LogP contribution < -0.4 is 20.9 Å². The predicted octanol–water partition coefficient (Wildman–Crippen LogP) is 4.27. The smallest absolute Gasteiger partial charge is 0.251 e. The minimum Gasteiger partial charge on any atom is -0.379 e. The molecule has 2 aromatic carbocycles. The SMILES string of the molecule is CC(=O)NC1CCC(N(C)c2cc(-c3ccc(CN4CCOCC4)cc3)cc(C(=O)NCC3C(=O)NC(C)CC3C)c2C)CC1. The van der Waals surface area contributed by atoms with Crippen molar-refractivity contribution < 1.29 is 19.1 Å². The van der Waals surface area contributed by atoms with Crippen LogP contribution in [-0.2, 0) is 20.9 Å². The molecule has 1 saturated carbocycles. The first kappa shape index (κ1) is 32.9. The molecule has 2 aliphatic heterocycles. The number of amides is 3. The molecule has 3 N–H and O–H groups in total. The molecule has 2 saturated heterocycles. The van der Waals surface area contributed by atoms with E-state index < -0.39 is 0 Å². The van der Waals surface area contributed by atoms with Crippen molar-refractivity contribution in [3.63, 3.8) is 0 Å². The van der Waals surface area contributed by atoms with Crippen LogP contribution in [0.5, 0.6) is 0 Å². The van der Waals surface area contributed by atoms with Gasteiger partial charge in [-0.2, -0.15) is 0 Å². The van der Waals surface area contributed by atoms with Crippen LogP contribution in [0.4, 0.5) is 5.69 Å². The van der Waals surface area contributed by atoms with E-state index in [2.05, 4.69) is 70.1 Å². The van der Waals surface area contributed by atoms with Crippen LogP contribution in [-0.4, -0.2) is 80.6 Å². The largest absolute Gasteiger partial charge is 0.379 e. The minimum absolute atomic E-state index is 0.0134. The molecule has 5 rings (SSSR count). The van der Waals surface area contributed by atoms with Gasteiger partial charge in [0.1, 0.15) is 0 Å². The van der Waals surface area contributed by atoms with E-state index in [0.29, 0.717) is 18.2 Å². The Bertz CT molecular complexity index is 1350. The lowest BCUT2D eigenvalue weighted by Crippen LogP contribution is -2.50. The molecule has 3 unspecified atom stereocenters. The van der Waals surface area contributed by atoms with Gasteiger partial charge in [-0.3, -0.25) is 19.3 Å². The lowest BCUT2D eigenvalue weighted by molar-refractivity contribution is -0.129. The highest BCUT2D eigenvalue weighted by Crippen LogP contribution is 2.35. The average molecular weight is 618 g/mol. The maximum absolute atomic E-state index is 13.8. The van der Waals surface area contributed by atoms with E-state index in [1.165, 1.54) is 5.56 Å². The van der Waals surface area contributed by atoms with Crippen LogP contribution >= 0.6 is 0 Å². The summed E-state index contributed by atoms with van der Waals surface area (Å²) in [6, 6.07) is 13.6. The maximum atomic E-state index is 13.8. The molecule has 9 nitrogen and oxygen atoms in total. The van der Waals surface area contributed by atoms with Gasteiger partial charge in [0.05, 0.1) is 19.1 Å². The first-order valence-electron chi connectivity index (χ1n) is 16.7. The Balaban J connectivity index is 1.39. The second kappa shape index (κ2) is 14.8. The standard InChI is InChI=1S/C36H51N5O4/c1-23-18-24(2)38-36(44)33(23)21-37-35(43)32-19-29(28-8-6-27(7-9-28)22-41-14-16-45-17-15-41)20-34(25(32)3)40(5)31-12-10-30(11-13-31)39-26(4)42/h6-9,19-20,23-24,30-31,33H,10-18,21-22H2,1-5H3,(H,37,43)(H,38,44)(H,39,42). The van der Waals surface area contributed by atoms with Gasteiger partial charge in [0, 0.05) is 69.5 Å². The average Bonchev–Trinajstić information content (AvgIpc) is 3.01. The van der Waals surface area contributed by atoms with Crippen molar-refractivity contribution in [2.75, 3.05) is 44.8 Å². The van der Waals surface area contributed by atoms with Gasteiger partial charge in [-0.15, -0.1) is 0 Å². The van der Waals surface area contributed by atoms with Crippen LogP contribution in [0.1, 0.15) is 74.4 Å². The summed E-state index contributed by atoms with van der Waals surface area (Å²) in [6.07, 6.45) is 4.71. The third kappa shape index (κ3) is 8.24. The second-order valence-electron chi connectivity index (χ2n) is 13.5.